The monoisotopic (exact) mass is 377 g/mol. The molecule has 0 unspecified atom stereocenters. The molecule has 6 nitrogen and oxygen atoms in total. The number of anilines is 1. The lowest BCUT2D eigenvalue weighted by Crippen LogP contribution is -2.49. The summed E-state index contributed by atoms with van der Waals surface area (Å²) in [5.74, 6) is 0.678. The first-order valence-corrected chi connectivity index (χ1v) is 9.87. The zero-order valence-corrected chi connectivity index (χ0v) is 16.5. The van der Waals surface area contributed by atoms with Gasteiger partial charge in [-0.2, -0.15) is 0 Å². The number of aliphatic imine (C=N–C) groups is 1. The summed E-state index contributed by atoms with van der Waals surface area (Å²) in [6.45, 7) is 6.58. The predicted octanol–water partition coefficient (Wildman–Crippen LogP) is 2.22. The number of carbonyl (C=O) groups excluding carboxylic acids is 1. The maximum Gasteiger partial charge on any atom is 0.224 e. The number of unbranched alkanes of at least 4 members (excludes halogenated alkanes) is 2. The van der Waals surface area contributed by atoms with Crippen molar-refractivity contribution in [1.29, 1.82) is 0 Å². The Morgan fingerprint density at radius 2 is 1.74 bits per heavy atom. The molecule has 1 fully saturated rings. The highest BCUT2D eigenvalue weighted by Gasteiger charge is 2.21. The summed E-state index contributed by atoms with van der Waals surface area (Å²) in [6.07, 6.45) is 3.96. The molecule has 0 saturated carbocycles. The van der Waals surface area contributed by atoms with Gasteiger partial charge in [-0.15, -0.1) is 0 Å². The summed E-state index contributed by atoms with van der Waals surface area (Å²) < 4.78 is 13.0. The largest absolute Gasteiger partial charge is 0.368 e. The molecule has 1 amide bonds. The van der Waals surface area contributed by atoms with Crippen molar-refractivity contribution in [3.8, 4) is 0 Å². The third-order valence-corrected chi connectivity index (χ3v) is 4.75. The van der Waals surface area contributed by atoms with Gasteiger partial charge in [-0.1, -0.05) is 19.8 Å². The Hall–Kier alpha value is -2.31. The van der Waals surface area contributed by atoms with Gasteiger partial charge in [0.05, 0.1) is 0 Å². The van der Waals surface area contributed by atoms with E-state index in [4.69, 9.17) is 0 Å². The van der Waals surface area contributed by atoms with E-state index in [1.165, 1.54) is 25.0 Å². The summed E-state index contributed by atoms with van der Waals surface area (Å²) in [5, 5.41) is 6.47. The molecule has 1 aliphatic rings. The molecule has 150 valence electrons. The quantitative estimate of drug-likeness (QED) is 0.414. The highest BCUT2D eigenvalue weighted by atomic mass is 19.1. The average molecular weight is 378 g/mol. The molecule has 0 spiro atoms. The molecule has 0 aliphatic carbocycles. The van der Waals surface area contributed by atoms with Crippen LogP contribution in [0.15, 0.2) is 29.3 Å². The number of hydrogen-bond acceptors (Lipinski definition) is 3. The number of piperazine rings is 1. The number of benzene rings is 1. The van der Waals surface area contributed by atoms with Crippen LogP contribution in [0, 0.1) is 5.82 Å². The SMILES string of the molecule is CCCCCNC(=NC)NCCC(=O)N1CCN(c2ccc(F)cc2)CC1. The summed E-state index contributed by atoms with van der Waals surface area (Å²) >= 11 is 0. The minimum atomic E-state index is -0.227. The van der Waals surface area contributed by atoms with Crippen LogP contribution in [0.5, 0.6) is 0 Å². The van der Waals surface area contributed by atoms with Crippen LogP contribution in [0.25, 0.3) is 0 Å². The molecule has 1 heterocycles. The number of carbonyl (C=O) groups is 1. The van der Waals surface area contributed by atoms with Crippen molar-refractivity contribution in [2.75, 3.05) is 51.2 Å². The maximum atomic E-state index is 13.0. The normalized spacial score (nSPS) is 15.0. The number of halogens is 1. The zero-order valence-electron chi connectivity index (χ0n) is 16.5. The molecule has 27 heavy (non-hydrogen) atoms. The van der Waals surface area contributed by atoms with Crippen LogP contribution in [-0.2, 0) is 4.79 Å². The van der Waals surface area contributed by atoms with Crippen molar-refractivity contribution in [2.45, 2.75) is 32.6 Å². The van der Waals surface area contributed by atoms with E-state index in [2.05, 4.69) is 27.4 Å². The Balaban J connectivity index is 1.66. The molecule has 1 aliphatic heterocycles. The van der Waals surface area contributed by atoms with Crippen molar-refractivity contribution in [2.24, 2.45) is 4.99 Å². The van der Waals surface area contributed by atoms with Gasteiger partial charge >= 0.3 is 0 Å². The summed E-state index contributed by atoms with van der Waals surface area (Å²) in [7, 11) is 1.74. The fraction of sp³-hybridized carbons (Fsp3) is 0.600. The lowest BCUT2D eigenvalue weighted by molar-refractivity contribution is -0.131. The third-order valence-electron chi connectivity index (χ3n) is 4.75. The minimum Gasteiger partial charge on any atom is -0.368 e. The number of amides is 1. The van der Waals surface area contributed by atoms with Gasteiger partial charge in [0.15, 0.2) is 5.96 Å². The summed E-state index contributed by atoms with van der Waals surface area (Å²) in [4.78, 5) is 20.7. The van der Waals surface area contributed by atoms with Crippen molar-refractivity contribution < 1.29 is 9.18 Å². The van der Waals surface area contributed by atoms with E-state index in [1.807, 2.05) is 4.90 Å². The Kier molecular flexibility index (Phi) is 8.87. The smallest absolute Gasteiger partial charge is 0.224 e. The number of hydrogen-bond donors (Lipinski definition) is 2. The van der Waals surface area contributed by atoms with Gasteiger partial charge in [-0.3, -0.25) is 9.79 Å². The van der Waals surface area contributed by atoms with Crippen LogP contribution in [-0.4, -0.2) is 63.1 Å². The van der Waals surface area contributed by atoms with E-state index in [9.17, 15) is 9.18 Å². The average Bonchev–Trinajstić information content (AvgIpc) is 2.70. The topological polar surface area (TPSA) is 60.0 Å². The second-order valence-corrected chi connectivity index (χ2v) is 6.73. The molecule has 1 saturated heterocycles. The lowest BCUT2D eigenvalue weighted by atomic mass is 10.2. The second kappa shape index (κ2) is 11.4. The van der Waals surface area contributed by atoms with Crippen molar-refractivity contribution in [1.82, 2.24) is 15.5 Å². The van der Waals surface area contributed by atoms with E-state index in [1.54, 1.807) is 19.2 Å². The van der Waals surface area contributed by atoms with Gasteiger partial charge in [0.2, 0.25) is 5.91 Å². The van der Waals surface area contributed by atoms with Gasteiger partial charge in [0.25, 0.3) is 0 Å². The van der Waals surface area contributed by atoms with Gasteiger partial charge in [0, 0.05) is 58.4 Å². The van der Waals surface area contributed by atoms with Crippen molar-refractivity contribution in [3.05, 3.63) is 30.1 Å². The Labute approximate surface area is 161 Å². The second-order valence-electron chi connectivity index (χ2n) is 6.73. The molecule has 2 rings (SSSR count). The van der Waals surface area contributed by atoms with E-state index >= 15 is 0 Å². The van der Waals surface area contributed by atoms with E-state index in [0.717, 1.165) is 37.7 Å². The summed E-state index contributed by atoms with van der Waals surface area (Å²) in [5.41, 5.74) is 1.00. The van der Waals surface area contributed by atoms with Gasteiger partial charge in [-0.05, 0) is 30.7 Å². The van der Waals surface area contributed by atoms with Crippen LogP contribution in [0.2, 0.25) is 0 Å². The first-order valence-electron chi connectivity index (χ1n) is 9.87. The molecule has 0 atom stereocenters. The Morgan fingerprint density at radius 3 is 2.37 bits per heavy atom. The van der Waals surface area contributed by atoms with Crippen molar-refractivity contribution in [3.63, 3.8) is 0 Å². The van der Waals surface area contributed by atoms with Crippen LogP contribution >= 0.6 is 0 Å². The number of nitrogens with zero attached hydrogens (tertiary/aromatic N) is 3. The highest BCUT2D eigenvalue weighted by molar-refractivity contribution is 5.81. The zero-order chi connectivity index (χ0) is 19.5. The number of rotatable bonds is 8. The first-order chi connectivity index (χ1) is 13.1. The molecule has 0 bridgehead atoms. The van der Waals surface area contributed by atoms with Crippen molar-refractivity contribution >= 4 is 17.6 Å². The molecule has 0 aromatic heterocycles. The molecule has 0 radical (unpaired) electrons. The van der Waals surface area contributed by atoms with Crippen LogP contribution in [0.3, 0.4) is 0 Å². The van der Waals surface area contributed by atoms with E-state index < -0.39 is 0 Å². The number of nitrogens with one attached hydrogen (secondary N) is 2. The van der Waals surface area contributed by atoms with E-state index in [0.29, 0.717) is 26.1 Å². The van der Waals surface area contributed by atoms with Crippen LogP contribution in [0.1, 0.15) is 32.6 Å². The first kappa shape index (κ1) is 21.0. The predicted molar refractivity (Wildman–Crippen MR) is 109 cm³/mol. The molecule has 7 heteroatoms. The molecular weight excluding hydrogens is 345 g/mol. The standard InChI is InChI=1S/C20H32FN5O/c1-3-4-5-11-23-20(22-2)24-12-10-19(27)26-15-13-25(14-16-26)18-8-6-17(21)7-9-18/h6-9H,3-5,10-16H2,1-2H3,(H2,22,23,24). The molecule has 1 aromatic rings. The van der Waals surface area contributed by atoms with E-state index in [-0.39, 0.29) is 11.7 Å². The molecule has 2 N–H and O–H groups in total. The minimum absolute atomic E-state index is 0.155. The van der Waals surface area contributed by atoms with Gasteiger partial charge in [-0.25, -0.2) is 4.39 Å². The van der Waals surface area contributed by atoms with Crippen LogP contribution < -0.4 is 15.5 Å². The Morgan fingerprint density at radius 1 is 1.07 bits per heavy atom. The maximum absolute atomic E-state index is 13.0. The lowest BCUT2D eigenvalue weighted by Gasteiger charge is -2.36. The summed E-state index contributed by atoms with van der Waals surface area (Å²) in [6, 6.07) is 6.52. The molecular formula is C20H32FN5O. The highest BCUT2D eigenvalue weighted by Crippen LogP contribution is 2.17. The van der Waals surface area contributed by atoms with Gasteiger partial charge < -0.3 is 20.4 Å². The molecule has 1 aromatic carbocycles. The third kappa shape index (κ3) is 7.07. The van der Waals surface area contributed by atoms with Gasteiger partial charge in [0.1, 0.15) is 5.82 Å². The Bertz CT molecular complexity index is 597. The fourth-order valence-corrected chi connectivity index (χ4v) is 3.11. The number of guanidine groups is 1. The fourth-order valence-electron chi connectivity index (χ4n) is 3.11. The van der Waals surface area contributed by atoms with Crippen LogP contribution in [0.4, 0.5) is 10.1 Å².